The maximum absolute atomic E-state index is 12.3. The first-order valence-corrected chi connectivity index (χ1v) is 8.01. The van der Waals surface area contributed by atoms with Gasteiger partial charge in [0.2, 0.25) is 10.0 Å². The minimum absolute atomic E-state index is 0.0738. The molecule has 0 radical (unpaired) electrons. The van der Waals surface area contributed by atoms with Gasteiger partial charge in [0.25, 0.3) is 0 Å². The standard InChI is InChI=1S/C14H17NO5S/c1-20-13-8-7-11(9-12(13)14(16)17)21(18,19)15-10-5-3-2-4-6-10/h2-3,7-10,15H,4-6H2,1H3,(H,16,17). The number of nitrogens with one attached hydrogen (secondary N) is 1. The van der Waals surface area contributed by atoms with Crippen molar-refractivity contribution in [1.29, 1.82) is 0 Å². The first kappa shape index (κ1) is 15.5. The summed E-state index contributed by atoms with van der Waals surface area (Å²) >= 11 is 0. The van der Waals surface area contributed by atoms with Crippen molar-refractivity contribution in [2.24, 2.45) is 0 Å². The van der Waals surface area contributed by atoms with Gasteiger partial charge in [0.15, 0.2) is 0 Å². The zero-order valence-corrected chi connectivity index (χ0v) is 12.4. The van der Waals surface area contributed by atoms with Crippen molar-refractivity contribution in [3.8, 4) is 5.75 Å². The largest absolute Gasteiger partial charge is 0.496 e. The Morgan fingerprint density at radius 3 is 2.71 bits per heavy atom. The van der Waals surface area contributed by atoms with Gasteiger partial charge >= 0.3 is 5.97 Å². The maximum atomic E-state index is 12.3. The van der Waals surface area contributed by atoms with E-state index in [9.17, 15) is 13.2 Å². The average Bonchev–Trinajstić information content (AvgIpc) is 2.47. The molecular formula is C14H17NO5S. The Hall–Kier alpha value is -1.86. The number of hydrogen-bond donors (Lipinski definition) is 2. The van der Waals surface area contributed by atoms with E-state index in [-0.39, 0.29) is 22.3 Å². The molecule has 2 N–H and O–H groups in total. The van der Waals surface area contributed by atoms with Crippen molar-refractivity contribution in [2.45, 2.75) is 30.2 Å². The molecule has 1 atom stereocenters. The zero-order valence-electron chi connectivity index (χ0n) is 11.6. The fourth-order valence-corrected chi connectivity index (χ4v) is 3.52. The fourth-order valence-electron chi connectivity index (χ4n) is 2.21. The van der Waals surface area contributed by atoms with E-state index in [1.807, 2.05) is 12.2 Å². The summed E-state index contributed by atoms with van der Waals surface area (Å²) in [6.45, 7) is 0. The lowest BCUT2D eigenvalue weighted by atomic mass is 10.0. The summed E-state index contributed by atoms with van der Waals surface area (Å²) < 4.78 is 32.1. The number of methoxy groups -OCH3 is 1. The molecule has 1 unspecified atom stereocenters. The summed E-state index contributed by atoms with van der Waals surface area (Å²) in [7, 11) is -2.41. The lowest BCUT2D eigenvalue weighted by Gasteiger charge is -2.19. The van der Waals surface area contributed by atoms with E-state index in [4.69, 9.17) is 9.84 Å². The van der Waals surface area contributed by atoms with Crippen LogP contribution < -0.4 is 9.46 Å². The molecule has 1 aromatic carbocycles. The number of benzene rings is 1. The van der Waals surface area contributed by atoms with Gasteiger partial charge in [0.05, 0.1) is 12.0 Å². The van der Waals surface area contributed by atoms with Crippen molar-refractivity contribution in [1.82, 2.24) is 4.72 Å². The van der Waals surface area contributed by atoms with Gasteiger partial charge in [0.1, 0.15) is 11.3 Å². The molecule has 21 heavy (non-hydrogen) atoms. The number of ether oxygens (including phenoxy) is 1. The Morgan fingerprint density at radius 2 is 2.14 bits per heavy atom. The smallest absolute Gasteiger partial charge is 0.339 e. The van der Waals surface area contributed by atoms with Crippen molar-refractivity contribution in [2.75, 3.05) is 7.11 Å². The number of aromatic carboxylic acids is 1. The van der Waals surface area contributed by atoms with E-state index >= 15 is 0 Å². The topological polar surface area (TPSA) is 92.7 Å². The first-order valence-electron chi connectivity index (χ1n) is 6.52. The maximum Gasteiger partial charge on any atom is 0.339 e. The second kappa shape index (κ2) is 6.28. The monoisotopic (exact) mass is 311 g/mol. The number of carboxylic acid groups (broad SMARTS) is 1. The van der Waals surface area contributed by atoms with Gasteiger partial charge in [-0.15, -0.1) is 0 Å². The fraction of sp³-hybridized carbons (Fsp3) is 0.357. The van der Waals surface area contributed by atoms with E-state index in [1.165, 1.54) is 19.2 Å². The van der Waals surface area contributed by atoms with Crippen LogP contribution in [0.25, 0.3) is 0 Å². The van der Waals surface area contributed by atoms with Gasteiger partial charge in [-0.2, -0.15) is 0 Å². The quantitative estimate of drug-likeness (QED) is 0.809. The molecule has 2 rings (SSSR count). The van der Waals surface area contributed by atoms with Crippen LogP contribution in [0.5, 0.6) is 5.75 Å². The molecule has 0 bridgehead atoms. The van der Waals surface area contributed by atoms with Gasteiger partial charge in [-0.1, -0.05) is 12.2 Å². The number of hydrogen-bond acceptors (Lipinski definition) is 4. The van der Waals surface area contributed by atoms with Crippen LogP contribution in [0, 0.1) is 0 Å². The molecule has 0 aliphatic heterocycles. The predicted molar refractivity (Wildman–Crippen MR) is 77.1 cm³/mol. The van der Waals surface area contributed by atoms with Crippen molar-refractivity contribution in [3.05, 3.63) is 35.9 Å². The summed E-state index contributed by atoms with van der Waals surface area (Å²) in [4.78, 5) is 11.1. The van der Waals surface area contributed by atoms with Gasteiger partial charge in [-0.3, -0.25) is 0 Å². The summed E-state index contributed by atoms with van der Waals surface area (Å²) in [6, 6.07) is 3.64. The van der Waals surface area contributed by atoms with Crippen LogP contribution in [0.4, 0.5) is 0 Å². The average molecular weight is 311 g/mol. The summed E-state index contributed by atoms with van der Waals surface area (Å²) in [5.74, 6) is -1.11. The Bertz CT molecular complexity index is 666. The van der Waals surface area contributed by atoms with E-state index < -0.39 is 16.0 Å². The summed E-state index contributed by atoms with van der Waals surface area (Å²) in [5.41, 5.74) is -0.177. The summed E-state index contributed by atoms with van der Waals surface area (Å²) in [5, 5.41) is 9.10. The molecule has 1 aliphatic carbocycles. The molecule has 1 aromatic rings. The summed E-state index contributed by atoms with van der Waals surface area (Å²) in [6.07, 6.45) is 6.16. The third-order valence-electron chi connectivity index (χ3n) is 3.30. The highest BCUT2D eigenvalue weighted by molar-refractivity contribution is 7.89. The normalized spacial score (nSPS) is 18.4. The molecule has 1 aliphatic rings. The molecule has 7 heteroatoms. The van der Waals surface area contributed by atoms with Crippen molar-refractivity contribution in [3.63, 3.8) is 0 Å². The lowest BCUT2D eigenvalue weighted by Crippen LogP contribution is -2.35. The predicted octanol–water partition coefficient (Wildman–Crippen LogP) is 1.78. The number of carboxylic acids is 1. The number of rotatable bonds is 5. The number of carbonyl (C=O) groups is 1. The SMILES string of the molecule is COc1ccc(S(=O)(=O)NC2CC=CCC2)cc1C(=O)O. The highest BCUT2D eigenvalue weighted by Gasteiger charge is 2.22. The van der Waals surface area contributed by atoms with Crippen molar-refractivity contribution >= 4 is 16.0 Å². The van der Waals surface area contributed by atoms with Crippen molar-refractivity contribution < 1.29 is 23.1 Å². The molecule has 0 amide bonds. The molecule has 0 fully saturated rings. The first-order chi connectivity index (χ1) is 9.94. The molecular weight excluding hydrogens is 294 g/mol. The zero-order chi connectivity index (χ0) is 15.5. The third kappa shape index (κ3) is 3.62. The Kier molecular flexibility index (Phi) is 4.64. The Morgan fingerprint density at radius 1 is 1.38 bits per heavy atom. The second-order valence-electron chi connectivity index (χ2n) is 4.77. The molecule has 0 heterocycles. The minimum atomic E-state index is -3.74. The van der Waals surface area contributed by atoms with Gasteiger partial charge in [-0.05, 0) is 37.5 Å². The van der Waals surface area contributed by atoms with Gasteiger partial charge in [0, 0.05) is 6.04 Å². The van der Waals surface area contributed by atoms with E-state index in [0.29, 0.717) is 6.42 Å². The highest BCUT2D eigenvalue weighted by atomic mass is 32.2. The van der Waals surface area contributed by atoms with Crippen LogP contribution in [-0.4, -0.2) is 32.6 Å². The molecule has 0 saturated heterocycles. The van der Waals surface area contributed by atoms with Crippen LogP contribution in [0.15, 0.2) is 35.2 Å². The van der Waals surface area contributed by atoms with Gasteiger partial charge in [-0.25, -0.2) is 17.9 Å². The molecule has 0 saturated carbocycles. The molecule has 0 aromatic heterocycles. The third-order valence-corrected chi connectivity index (χ3v) is 4.82. The van der Waals surface area contributed by atoms with E-state index in [0.717, 1.165) is 18.9 Å². The lowest BCUT2D eigenvalue weighted by molar-refractivity contribution is 0.0693. The van der Waals surface area contributed by atoms with E-state index in [1.54, 1.807) is 0 Å². The Labute approximate surface area is 123 Å². The Balaban J connectivity index is 2.29. The second-order valence-corrected chi connectivity index (χ2v) is 6.48. The molecule has 6 nitrogen and oxygen atoms in total. The number of allylic oxidation sites excluding steroid dienone is 1. The number of sulfonamides is 1. The molecule has 114 valence electrons. The van der Waals surface area contributed by atoms with Crippen LogP contribution in [0.2, 0.25) is 0 Å². The van der Waals surface area contributed by atoms with Crippen LogP contribution in [0.3, 0.4) is 0 Å². The van der Waals surface area contributed by atoms with Crippen LogP contribution >= 0.6 is 0 Å². The van der Waals surface area contributed by atoms with E-state index in [2.05, 4.69) is 4.72 Å². The van der Waals surface area contributed by atoms with Gasteiger partial charge < -0.3 is 9.84 Å². The van der Waals surface area contributed by atoms with Crippen LogP contribution in [0.1, 0.15) is 29.6 Å². The molecule has 0 spiro atoms. The highest BCUT2D eigenvalue weighted by Crippen LogP contribution is 2.23. The minimum Gasteiger partial charge on any atom is -0.496 e. The van der Waals surface area contributed by atoms with Crippen LogP contribution in [-0.2, 0) is 10.0 Å².